The van der Waals surface area contributed by atoms with Crippen LogP contribution in [0.5, 0.6) is 0 Å². The molecule has 0 aliphatic heterocycles. The SMILES string of the molecule is CC(C)[C@H](NS(=O)(=O)c1ccc2c3c(oc2c1)=CCC(c1cnc(Cl)s1)C=3)C(=O)O. The number of carboxylic acid groups (broad SMARTS) is 1. The number of nitrogens with zero attached hydrogens (tertiary/aromatic N) is 1. The zero-order chi connectivity index (χ0) is 21.6. The summed E-state index contributed by atoms with van der Waals surface area (Å²) in [5.41, 5.74) is 1.11. The fourth-order valence-corrected chi connectivity index (χ4v) is 5.84. The van der Waals surface area contributed by atoms with E-state index < -0.39 is 28.0 Å². The molecule has 2 atom stereocenters. The number of furan rings is 1. The van der Waals surface area contributed by atoms with Crippen LogP contribution in [0.15, 0.2) is 33.7 Å². The second-order valence-electron chi connectivity index (χ2n) is 7.45. The molecule has 30 heavy (non-hydrogen) atoms. The highest BCUT2D eigenvalue weighted by Gasteiger charge is 2.28. The van der Waals surface area contributed by atoms with Crippen LogP contribution in [0.1, 0.15) is 31.1 Å². The average molecular weight is 467 g/mol. The monoisotopic (exact) mass is 466 g/mol. The summed E-state index contributed by atoms with van der Waals surface area (Å²) in [5.74, 6) is -1.50. The number of aromatic nitrogens is 1. The molecule has 0 bridgehead atoms. The molecular formula is C20H19ClN2O5S2. The molecule has 0 spiro atoms. The van der Waals surface area contributed by atoms with Crippen LogP contribution in [0, 0.1) is 5.92 Å². The van der Waals surface area contributed by atoms with Crippen molar-refractivity contribution in [2.75, 3.05) is 0 Å². The van der Waals surface area contributed by atoms with Crippen molar-refractivity contribution in [1.82, 2.24) is 9.71 Å². The van der Waals surface area contributed by atoms with Crippen LogP contribution < -0.4 is 15.4 Å². The van der Waals surface area contributed by atoms with Crippen LogP contribution in [-0.2, 0) is 14.8 Å². The van der Waals surface area contributed by atoms with Crippen LogP contribution in [0.2, 0.25) is 4.47 Å². The Labute approximate surface area is 181 Å². The standard InChI is InChI=1S/C20H19ClN2O5S2/c1-10(2)18(19(24)25)23-30(26,27)12-4-5-13-14-7-11(17-9-22-20(21)29-17)3-6-15(14)28-16(13)8-12/h4-11,18,23H,3H2,1-2H3,(H,24,25)/t11?,18-/m0/s1. The number of fused-ring (bicyclic) bond motifs is 3. The maximum Gasteiger partial charge on any atom is 0.322 e. The van der Waals surface area contributed by atoms with Crippen molar-refractivity contribution >= 4 is 62.1 Å². The van der Waals surface area contributed by atoms with Gasteiger partial charge in [-0.3, -0.25) is 4.79 Å². The number of halogens is 1. The molecule has 1 unspecified atom stereocenters. The summed E-state index contributed by atoms with van der Waals surface area (Å²) in [6.07, 6.45) is 6.54. The molecule has 1 aliphatic rings. The summed E-state index contributed by atoms with van der Waals surface area (Å²) in [5, 5.41) is 11.0. The minimum atomic E-state index is -4.03. The molecule has 3 aromatic rings. The average Bonchev–Trinajstić information content (AvgIpc) is 3.28. The Balaban J connectivity index is 1.73. The number of thiazole rings is 1. The maximum atomic E-state index is 12.7. The van der Waals surface area contributed by atoms with Crippen molar-refractivity contribution < 1.29 is 22.7 Å². The minimum absolute atomic E-state index is 0.0428. The van der Waals surface area contributed by atoms with E-state index in [2.05, 4.69) is 15.8 Å². The van der Waals surface area contributed by atoms with Gasteiger partial charge in [-0.1, -0.05) is 31.5 Å². The highest BCUT2D eigenvalue weighted by Crippen LogP contribution is 2.31. The lowest BCUT2D eigenvalue weighted by Gasteiger charge is -2.17. The van der Waals surface area contributed by atoms with Gasteiger partial charge < -0.3 is 9.52 Å². The van der Waals surface area contributed by atoms with E-state index in [9.17, 15) is 18.3 Å². The number of benzene rings is 1. The van der Waals surface area contributed by atoms with E-state index in [1.165, 1.54) is 23.5 Å². The van der Waals surface area contributed by atoms with Gasteiger partial charge in [0.05, 0.1) is 4.90 Å². The lowest BCUT2D eigenvalue weighted by molar-refractivity contribution is -0.140. The van der Waals surface area contributed by atoms with E-state index >= 15 is 0 Å². The first-order chi connectivity index (χ1) is 14.2. The number of hydrogen-bond acceptors (Lipinski definition) is 6. The van der Waals surface area contributed by atoms with E-state index in [0.717, 1.165) is 21.9 Å². The van der Waals surface area contributed by atoms with Gasteiger partial charge in [-0.05, 0) is 30.5 Å². The van der Waals surface area contributed by atoms with Crippen LogP contribution in [0.3, 0.4) is 0 Å². The van der Waals surface area contributed by atoms with Crippen LogP contribution in [0.4, 0.5) is 0 Å². The summed E-state index contributed by atoms with van der Waals surface area (Å²) >= 11 is 7.38. The van der Waals surface area contributed by atoms with Gasteiger partial charge >= 0.3 is 5.97 Å². The quantitative estimate of drug-likeness (QED) is 0.578. The van der Waals surface area contributed by atoms with Crippen LogP contribution >= 0.6 is 22.9 Å². The van der Waals surface area contributed by atoms with Gasteiger partial charge in [-0.2, -0.15) is 4.72 Å². The van der Waals surface area contributed by atoms with Gasteiger partial charge in [0.2, 0.25) is 10.0 Å². The van der Waals surface area contributed by atoms with Crippen molar-refractivity contribution in [3.8, 4) is 0 Å². The molecular weight excluding hydrogens is 448 g/mol. The Morgan fingerprint density at radius 3 is 2.80 bits per heavy atom. The zero-order valence-corrected chi connectivity index (χ0v) is 18.5. The summed E-state index contributed by atoms with van der Waals surface area (Å²) in [4.78, 5) is 16.5. The Morgan fingerprint density at radius 1 is 1.40 bits per heavy atom. The molecule has 4 rings (SSSR count). The van der Waals surface area contributed by atoms with E-state index in [0.29, 0.717) is 15.5 Å². The minimum Gasteiger partial charge on any atom is -0.480 e. The summed E-state index contributed by atoms with van der Waals surface area (Å²) in [6.45, 7) is 3.28. The van der Waals surface area contributed by atoms with Gasteiger partial charge in [0, 0.05) is 33.7 Å². The van der Waals surface area contributed by atoms with Gasteiger partial charge in [0.15, 0.2) is 4.47 Å². The van der Waals surface area contributed by atoms with Crippen LogP contribution in [-0.4, -0.2) is 30.5 Å². The van der Waals surface area contributed by atoms with Crippen molar-refractivity contribution in [3.63, 3.8) is 0 Å². The number of carboxylic acids is 1. The number of carbonyl (C=O) groups is 1. The van der Waals surface area contributed by atoms with E-state index in [-0.39, 0.29) is 10.8 Å². The molecule has 158 valence electrons. The molecule has 1 aliphatic carbocycles. The van der Waals surface area contributed by atoms with E-state index in [1.54, 1.807) is 26.1 Å². The normalized spacial score (nSPS) is 17.4. The lowest BCUT2D eigenvalue weighted by atomic mass is 9.98. The molecule has 0 saturated heterocycles. The second-order valence-corrected chi connectivity index (χ2v) is 10.8. The first kappa shape index (κ1) is 21.0. The number of hydrogen-bond donors (Lipinski definition) is 2. The topological polar surface area (TPSA) is 110 Å². The number of aliphatic carboxylic acids is 1. The third kappa shape index (κ3) is 3.90. The Kier molecular flexibility index (Phi) is 5.48. The first-order valence-corrected chi connectivity index (χ1v) is 11.9. The largest absolute Gasteiger partial charge is 0.480 e. The molecule has 0 amide bonds. The molecule has 0 saturated carbocycles. The first-order valence-electron chi connectivity index (χ1n) is 9.26. The highest BCUT2D eigenvalue weighted by atomic mass is 35.5. The second kappa shape index (κ2) is 7.81. The van der Waals surface area contributed by atoms with Gasteiger partial charge in [0.25, 0.3) is 0 Å². The lowest BCUT2D eigenvalue weighted by Crippen LogP contribution is -2.44. The van der Waals surface area contributed by atoms with Crippen LogP contribution in [0.25, 0.3) is 23.1 Å². The van der Waals surface area contributed by atoms with Gasteiger partial charge in [-0.25, -0.2) is 13.4 Å². The predicted molar refractivity (Wildman–Crippen MR) is 115 cm³/mol. The Morgan fingerprint density at radius 2 is 2.17 bits per heavy atom. The molecule has 2 N–H and O–H groups in total. The summed E-state index contributed by atoms with van der Waals surface area (Å²) in [6, 6.07) is 3.35. The summed E-state index contributed by atoms with van der Waals surface area (Å²) < 4.78 is 34.1. The fraction of sp³-hybridized carbons (Fsp3) is 0.300. The third-order valence-electron chi connectivity index (χ3n) is 5.04. The van der Waals surface area contributed by atoms with Crippen molar-refractivity contribution in [3.05, 3.63) is 44.4 Å². The van der Waals surface area contributed by atoms with Crippen molar-refractivity contribution in [1.29, 1.82) is 0 Å². The highest BCUT2D eigenvalue weighted by molar-refractivity contribution is 7.89. The van der Waals surface area contributed by atoms with Gasteiger partial charge in [0.1, 0.15) is 17.0 Å². The molecule has 0 radical (unpaired) electrons. The van der Waals surface area contributed by atoms with E-state index in [4.69, 9.17) is 16.0 Å². The number of sulfonamides is 1. The number of nitrogens with one attached hydrogen (secondary N) is 1. The smallest absolute Gasteiger partial charge is 0.322 e. The Bertz CT molecular complexity index is 1360. The molecule has 2 aromatic heterocycles. The third-order valence-corrected chi connectivity index (χ3v) is 7.73. The molecule has 2 heterocycles. The van der Waals surface area contributed by atoms with Crippen molar-refractivity contribution in [2.45, 2.75) is 37.1 Å². The molecule has 0 fully saturated rings. The molecule has 1 aromatic carbocycles. The number of rotatable bonds is 6. The summed E-state index contributed by atoms with van der Waals surface area (Å²) in [7, 11) is -4.03. The predicted octanol–water partition coefficient (Wildman–Crippen LogP) is 2.68. The van der Waals surface area contributed by atoms with E-state index in [1.807, 2.05) is 6.08 Å². The zero-order valence-electron chi connectivity index (χ0n) is 16.1. The van der Waals surface area contributed by atoms with Crippen molar-refractivity contribution in [2.24, 2.45) is 5.92 Å². The Hall–Kier alpha value is -2.20. The fourth-order valence-electron chi connectivity index (χ4n) is 3.45. The molecule has 10 heteroatoms. The van der Waals surface area contributed by atoms with Gasteiger partial charge in [-0.15, -0.1) is 11.3 Å². The molecule has 7 nitrogen and oxygen atoms in total. The maximum absolute atomic E-state index is 12.7.